The molecule has 2 heterocycles. The Hall–Kier alpha value is -2.12. The number of rotatable bonds is 3. The first-order valence-electron chi connectivity index (χ1n) is 5.64. The van der Waals surface area contributed by atoms with Crippen molar-refractivity contribution in [2.24, 2.45) is 0 Å². The highest BCUT2D eigenvalue weighted by molar-refractivity contribution is 7.99. The van der Waals surface area contributed by atoms with E-state index < -0.39 is 0 Å². The Morgan fingerprint density at radius 3 is 2.60 bits per heavy atom. The van der Waals surface area contributed by atoms with Crippen LogP contribution in [0.4, 0.5) is 5.95 Å². The molecule has 1 aromatic carbocycles. The van der Waals surface area contributed by atoms with Crippen molar-refractivity contribution in [2.45, 2.75) is 10.1 Å². The van der Waals surface area contributed by atoms with E-state index in [4.69, 9.17) is 17.3 Å². The molecule has 6 nitrogen and oxygen atoms in total. The minimum absolute atomic E-state index is 0.167. The lowest BCUT2D eigenvalue weighted by molar-refractivity contribution is 0.832. The van der Waals surface area contributed by atoms with Crippen LogP contribution in [-0.2, 0) is 0 Å². The fourth-order valence-electron chi connectivity index (χ4n) is 1.51. The largest absolute Gasteiger partial charge is 0.368 e. The second kappa shape index (κ2) is 5.48. The second-order valence-corrected chi connectivity index (χ2v) is 5.28. The van der Waals surface area contributed by atoms with E-state index in [1.54, 1.807) is 23.3 Å². The molecular weight excluding hydrogens is 296 g/mol. The fraction of sp³-hybridized carbons (Fsp3) is 0. The first kappa shape index (κ1) is 12.9. The van der Waals surface area contributed by atoms with Gasteiger partial charge in [-0.2, -0.15) is 15.0 Å². The van der Waals surface area contributed by atoms with Crippen LogP contribution in [0.1, 0.15) is 0 Å². The Labute approximate surface area is 124 Å². The average molecular weight is 305 g/mol. The maximum atomic E-state index is 5.85. The molecule has 0 unspecified atom stereocenters. The third kappa shape index (κ3) is 2.89. The summed E-state index contributed by atoms with van der Waals surface area (Å²) >= 11 is 7.24. The van der Waals surface area contributed by atoms with Crippen LogP contribution in [0.2, 0.25) is 5.02 Å². The van der Waals surface area contributed by atoms with Gasteiger partial charge in [0.15, 0.2) is 5.16 Å². The minimum atomic E-state index is 0.167. The van der Waals surface area contributed by atoms with Gasteiger partial charge in [0.25, 0.3) is 0 Å². The van der Waals surface area contributed by atoms with Crippen molar-refractivity contribution in [1.29, 1.82) is 0 Å². The second-order valence-electron chi connectivity index (χ2n) is 3.80. The SMILES string of the molecule is Nc1nc(Sc2ccc(Cl)cc2)nc(-n2ccnc2)n1. The zero-order valence-corrected chi connectivity index (χ0v) is 11.7. The fourth-order valence-corrected chi connectivity index (χ4v) is 2.38. The lowest BCUT2D eigenvalue weighted by Gasteiger charge is -2.04. The average Bonchev–Trinajstić information content (AvgIpc) is 2.95. The van der Waals surface area contributed by atoms with E-state index in [9.17, 15) is 0 Å². The van der Waals surface area contributed by atoms with Crippen LogP contribution in [0.15, 0.2) is 53.0 Å². The number of hydrogen-bond acceptors (Lipinski definition) is 6. The highest BCUT2D eigenvalue weighted by atomic mass is 35.5. The predicted molar refractivity (Wildman–Crippen MR) is 76.9 cm³/mol. The monoisotopic (exact) mass is 304 g/mol. The molecule has 2 aromatic heterocycles. The molecule has 0 fully saturated rings. The van der Waals surface area contributed by atoms with Gasteiger partial charge in [-0.25, -0.2) is 4.98 Å². The number of nitrogens with zero attached hydrogens (tertiary/aromatic N) is 5. The molecule has 3 rings (SSSR count). The molecule has 0 atom stereocenters. The van der Waals surface area contributed by atoms with E-state index in [0.29, 0.717) is 16.1 Å². The Balaban J connectivity index is 1.92. The molecule has 20 heavy (non-hydrogen) atoms. The summed E-state index contributed by atoms with van der Waals surface area (Å²) in [7, 11) is 0. The lowest BCUT2D eigenvalue weighted by Crippen LogP contribution is -2.05. The van der Waals surface area contributed by atoms with Crippen LogP contribution < -0.4 is 5.73 Å². The van der Waals surface area contributed by atoms with Crippen molar-refractivity contribution in [1.82, 2.24) is 24.5 Å². The molecule has 0 aliphatic heterocycles. The summed E-state index contributed by atoms with van der Waals surface area (Å²) in [5.41, 5.74) is 5.71. The molecule has 0 saturated heterocycles. The summed E-state index contributed by atoms with van der Waals surface area (Å²) in [5.74, 6) is 0.603. The van der Waals surface area contributed by atoms with Gasteiger partial charge in [-0.15, -0.1) is 0 Å². The normalized spacial score (nSPS) is 10.7. The summed E-state index contributed by atoms with van der Waals surface area (Å²) in [6, 6.07) is 7.41. The Morgan fingerprint density at radius 2 is 1.90 bits per heavy atom. The first-order valence-corrected chi connectivity index (χ1v) is 6.83. The van der Waals surface area contributed by atoms with Crippen molar-refractivity contribution in [2.75, 3.05) is 5.73 Å². The van der Waals surface area contributed by atoms with Crippen molar-refractivity contribution >= 4 is 29.3 Å². The number of benzene rings is 1. The van der Waals surface area contributed by atoms with Crippen molar-refractivity contribution < 1.29 is 0 Å². The van der Waals surface area contributed by atoms with Crippen molar-refractivity contribution in [3.05, 3.63) is 48.0 Å². The zero-order chi connectivity index (χ0) is 13.9. The summed E-state index contributed by atoms with van der Waals surface area (Å²) in [6.07, 6.45) is 4.99. The van der Waals surface area contributed by atoms with Gasteiger partial charge in [0.2, 0.25) is 11.9 Å². The van der Waals surface area contributed by atoms with Crippen LogP contribution in [0.25, 0.3) is 5.95 Å². The van der Waals surface area contributed by atoms with Crippen molar-refractivity contribution in [3.63, 3.8) is 0 Å². The molecular formula is C12H9ClN6S. The van der Waals surface area contributed by atoms with Gasteiger partial charge in [-0.3, -0.25) is 4.57 Å². The molecule has 0 aliphatic carbocycles. The van der Waals surface area contributed by atoms with Gasteiger partial charge >= 0.3 is 0 Å². The molecule has 0 radical (unpaired) electrons. The third-order valence-electron chi connectivity index (χ3n) is 2.38. The number of hydrogen-bond donors (Lipinski definition) is 1. The lowest BCUT2D eigenvalue weighted by atomic mass is 10.4. The van der Waals surface area contributed by atoms with E-state index in [0.717, 1.165) is 4.90 Å². The molecule has 100 valence electrons. The van der Waals surface area contributed by atoms with Gasteiger partial charge in [-0.1, -0.05) is 11.6 Å². The van der Waals surface area contributed by atoms with Gasteiger partial charge in [0.1, 0.15) is 6.33 Å². The number of halogens is 1. The first-order chi connectivity index (χ1) is 9.70. The maximum Gasteiger partial charge on any atom is 0.240 e. The third-order valence-corrected chi connectivity index (χ3v) is 3.50. The van der Waals surface area contributed by atoms with Gasteiger partial charge in [-0.05, 0) is 36.0 Å². The Bertz CT molecular complexity index is 713. The summed E-state index contributed by atoms with van der Waals surface area (Å²) in [5, 5.41) is 1.20. The van der Waals surface area contributed by atoms with E-state index in [-0.39, 0.29) is 5.95 Å². The van der Waals surface area contributed by atoms with Gasteiger partial charge in [0, 0.05) is 22.3 Å². The van der Waals surface area contributed by atoms with Crippen LogP contribution >= 0.6 is 23.4 Å². The number of anilines is 1. The van der Waals surface area contributed by atoms with E-state index in [2.05, 4.69) is 19.9 Å². The molecule has 3 aromatic rings. The number of aromatic nitrogens is 5. The van der Waals surface area contributed by atoms with Crippen LogP contribution in [0.5, 0.6) is 0 Å². The van der Waals surface area contributed by atoms with Crippen LogP contribution in [-0.4, -0.2) is 24.5 Å². The van der Waals surface area contributed by atoms with Gasteiger partial charge < -0.3 is 5.73 Å². The van der Waals surface area contributed by atoms with Crippen LogP contribution in [0.3, 0.4) is 0 Å². The van der Waals surface area contributed by atoms with E-state index in [1.807, 2.05) is 24.3 Å². The summed E-state index contributed by atoms with van der Waals surface area (Å²) in [4.78, 5) is 17.5. The number of imidazole rings is 1. The Kier molecular flexibility index (Phi) is 3.53. The molecule has 0 saturated carbocycles. The predicted octanol–water partition coefficient (Wildman–Crippen LogP) is 2.44. The number of nitrogen functional groups attached to an aromatic ring is 1. The highest BCUT2D eigenvalue weighted by Crippen LogP contribution is 2.26. The van der Waals surface area contributed by atoms with Gasteiger partial charge in [0.05, 0.1) is 0 Å². The summed E-state index contributed by atoms with van der Waals surface area (Å²) < 4.78 is 1.67. The molecule has 0 amide bonds. The number of nitrogens with two attached hydrogens (primary N) is 1. The van der Waals surface area contributed by atoms with E-state index >= 15 is 0 Å². The molecule has 8 heteroatoms. The molecule has 0 bridgehead atoms. The van der Waals surface area contributed by atoms with Crippen molar-refractivity contribution in [3.8, 4) is 5.95 Å². The standard InChI is InChI=1S/C12H9ClN6S/c13-8-1-3-9(4-2-8)20-12-17-10(14)16-11(18-12)19-6-5-15-7-19/h1-7H,(H2,14,16,17,18). The Morgan fingerprint density at radius 1 is 1.10 bits per heavy atom. The van der Waals surface area contributed by atoms with E-state index in [1.165, 1.54) is 11.8 Å². The summed E-state index contributed by atoms with van der Waals surface area (Å²) in [6.45, 7) is 0. The zero-order valence-electron chi connectivity index (χ0n) is 10.1. The smallest absolute Gasteiger partial charge is 0.240 e. The highest BCUT2D eigenvalue weighted by Gasteiger charge is 2.07. The molecule has 0 spiro atoms. The maximum absolute atomic E-state index is 5.85. The topological polar surface area (TPSA) is 82.5 Å². The minimum Gasteiger partial charge on any atom is -0.368 e. The molecule has 2 N–H and O–H groups in total. The van der Waals surface area contributed by atoms with Crippen LogP contribution in [0, 0.1) is 0 Å². The molecule has 0 aliphatic rings. The quantitative estimate of drug-likeness (QED) is 0.800.